The molecule has 1 heterocycles. The van der Waals surface area contributed by atoms with Gasteiger partial charge < -0.3 is 14.8 Å². The van der Waals surface area contributed by atoms with Gasteiger partial charge in [-0.3, -0.25) is 4.79 Å². The van der Waals surface area contributed by atoms with Crippen LogP contribution in [-0.4, -0.2) is 49.7 Å². The molecule has 1 amide bonds. The molecule has 1 saturated carbocycles. The summed E-state index contributed by atoms with van der Waals surface area (Å²) >= 11 is 1.18. The number of aromatic nitrogens is 2. The topological polar surface area (TPSA) is 107 Å². The molecule has 1 aromatic heterocycles. The predicted molar refractivity (Wildman–Crippen MR) is 115 cm³/mol. The molecule has 0 bridgehead atoms. The number of carbonyl (C=O) groups is 1. The van der Waals surface area contributed by atoms with Gasteiger partial charge in [0.2, 0.25) is 5.91 Å². The molecule has 162 valence electrons. The number of nitrogens with zero attached hydrogens (tertiary/aromatic N) is 2. The second-order valence-corrected chi connectivity index (χ2v) is 10.1. The second-order valence-electron chi connectivity index (χ2n) is 6.95. The molecule has 0 unspecified atom stereocenters. The molecule has 1 fully saturated rings. The van der Waals surface area contributed by atoms with E-state index in [-0.39, 0.29) is 21.9 Å². The van der Waals surface area contributed by atoms with E-state index < -0.39 is 9.84 Å². The number of ether oxygens (including phenoxy) is 2. The van der Waals surface area contributed by atoms with Crippen LogP contribution in [0.3, 0.4) is 0 Å². The maximum atomic E-state index is 12.7. The van der Waals surface area contributed by atoms with Gasteiger partial charge in [-0.15, -0.1) is 10.2 Å². The number of nitrogens with one attached hydrogen (secondary N) is 1. The third kappa shape index (κ3) is 5.63. The Labute approximate surface area is 180 Å². The summed E-state index contributed by atoms with van der Waals surface area (Å²) in [5.41, 5.74) is 0.553. The third-order valence-corrected chi connectivity index (χ3v) is 7.95. The smallest absolute Gasteiger partial charge is 0.234 e. The van der Waals surface area contributed by atoms with Crippen molar-refractivity contribution in [2.45, 2.75) is 47.4 Å². The van der Waals surface area contributed by atoms with Crippen LogP contribution in [0.25, 0.3) is 0 Å². The quantitative estimate of drug-likeness (QED) is 0.609. The number of carbonyl (C=O) groups excluding carboxylic acids is 1. The van der Waals surface area contributed by atoms with Gasteiger partial charge in [-0.05, 0) is 25.0 Å². The lowest BCUT2D eigenvalue weighted by Crippen LogP contribution is -2.25. The van der Waals surface area contributed by atoms with E-state index in [2.05, 4.69) is 15.5 Å². The number of anilines is 1. The number of methoxy groups -OCH3 is 2. The molecule has 1 aromatic carbocycles. The van der Waals surface area contributed by atoms with E-state index in [9.17, 15) is 13.2 Å². The number of hydrogen-bond acceptors (Lipinski definition) is 8. The Morgan fingerprint density at radius 1 is 1.07 bits per heavy atom. The van der Waals surface area contributed by atoms with Crippen molar-refractivity contribution >= 4 is 33.2 Å². The normalized spacial score (nSPS) is 14.9. The predicted octanol–water partition coefficient (Wildman–Crippen LogP) is 3.33. The molecule has 1 aliphatic rings. The first-order valence-corrected chi connectivity index (χ1v) is 12.2. The molecular weight excluding hydrogens is 426 g/mol. The van der Waals surface area contributed by atoms with Crippen molar-refractivity contribution in [3.05, 3.63) is 30.3 Å². The van der Waals surface area contributed by atoms with Crippen LogP contribution in [-0.2, 0) is 14.6 Å². The molecule has 3 rings (SSSR count). The molecule has 8 nitrogen and oxygen atoms in total. The van der Waals surface area contributed by atoms with Crippen molar-refractivity contribution in [3.63, 3.8) is 0 Å². The second kappa shape index (κ2) is 10.1. The third-order valence-electron chi connectivity index (χ3n) is 4.88. The Balaban J connectivity index is 1.58. The largest absolute Gasteiger partial charge is 0.497 e. The Morgan fingerprint density at radius 2 is 1.73 bits per heavy atom. The average molecular weight is 452 g/mol. The van der Waals surface area contributed by atoms with Crippen molar-refractivity contribution in [1.82, 2.24) is 10.2 Å². The van der Waals surface area contributed by atoms with Crippen LogP contribution < -0.4 is 14.8 Å². The highest BCUT2D eigenvalue weighted by Crippen LogP contribution is 2.28. The fraction of sp³-hybridized carbons (Fsp3) is 0.450. The fourth-order valence-electron chi connectivity index (χ4n) is 3.30. The molecule has 0 atom stereocenters. The van der Waals surface area contributed by atoms with Crippen molar-refractivity contribution in [1.29, 1.82) is 0 Å². The lowest BCUT2D eigenvalue weighted by atomic mass is 10.0. The number of hydrogen-bond donors (Lipinski definition) is 1. The van der Waals surface area contributed by atoms with E-state index in [1.807, 2.05) is 0 Å². The van der Waals surface area contributed by atoms with E-state index in [0.717, 1.165) is 19.3 Å². The molecule has 0 aliphatic heterocycles. The molecule has 0 saturated heterocycles. The minimum Gasteiger partial charge on any atom is -0.497 e. The van der Waals surface area contributed by atoms with Gasteiger partial charge in [-0.2, -0.15) is 0 Å². The highest BCUT2D eigenvalue weighted by atomic mass is 32.2. The van der Waals surface area contributed by atoms with Crippen LogP contribution in [0.2, 0.25) is 0 Å². The van der Waals surface area contributed by atoms with Crippen molar-refractivity contribution < 1.29 is 22.7 Å². The standard InChI is InChI=1S/C20H25N3O5S2/c1-27-15-10-14(11-16(12-15)28-2)21-18(24)13-29-19-8-9-20(23-22-19)30(25,26)17-6-4-3-5-7-17/h8-12,17H,3-7,13H2,1-2H3,(H,21,24). The molecule has 0 spiro atoms. The van der Waals surface area contributed by atoms with Crippen LogP contribution in [0.1, 0.15) is 32.1 Å². The maximum absolute atomic E-state index is 12.7. The number of rotatable bonds is 8. The highest BCUT2D eigenvalue weighted by molar-refractivity contribution is 7.99. The van der Waals surface area contributed by atoms with Gasteiger partial charge in [0.25, 0.3) is 0 Å². The SMILES string of the molecule is COc1cc(NC(=O)CSc2ccc(S(=O)(=O)C3CCCCC3)nn2)cc(OC)c1. The van der Waals surface area contributed by atoms with Gasteiger partial charge in [-0.1, -0.05) is 31.0 Å². The van der Waals surface area contributed by atoms with E-state index in [1.165, 1.54) is 32.0 Å². The van der Waals surface area contributed by atoms with Crippen LogP contribution >= 0.6 is 11.8 Å². The molecule has 2 aromatic rings. The van der Waals surface area contributed by atoms with E-state index in [1.54, 1.807) is 24.3 Å². The first-order valence-electron chi connectivity index (χ1n) is 9.65. The first kappa shape index (κ1) is 22.4. The first-order chi connectivity index (χ1) is 14.4. The van der Waals surface area contributed by atoms with E-state index in [4.69, 9.17) is 9.47 Å². The van der Waals surface area contributed by atoms with Gasteiger partial charge >= 0.3 is 0 Å². The van der Waals surface area contributed by atoms with Crippen molar-refractivity contribution in [2.24, 2.45) is 0 Å². The Hall–Kier alpha value is -2.33. The molecular formula is C20H25N3O5S2. The Kier molecular flexibility index (Phi) is 7.54. The summed E-state index contributed by atoms with van der Waals surface area (Å²) in [5.74, 6) is 0.995. The maximum Gasteiger partial charge on any atom is 0.234 e. The summed E-state index contributed by atoms with van der Waals surface area (Å²) in [6, 6.07) is 8.16. The summed E-state index contributed by atoms with van der Waals surface area (Å²) in [5, 5.41) is 10.8. The minimum absolute atomic E-state index is 0.00618. The molecule has 0 radical (unpaired) electrons. The van der Waals surface area contributed by atoms with Crippen LogP contribution in [0, 0.1) is 0 Å². The number of thioether (sulfide) groups is 1. The van der Waals surface area contributed by atoms with Crippen LogP contribution in [0.5, 0.6) is 11.5 Å². The van der Waals surface area contributed by atoms with Gasteiger partial charge in [-0.25, -0.2) is 8.42 Å². The van der Waals surface area contributed by atoms with Crippen molar-refractivity contribution in [3.8, 4) is 11.5 Å². The highest BCUT2D eigenvalue weighted by Gasteiger charge is 2.30. The van der Waals surface area contributed by atoms with Crippen LogP contribution in [0.15, 0.2) is 40.4 Å². The Morgan fingerprint density at radius 3 is 2.30 bits per heavy atom. The molecule has 30 heavy (non-hydrogen) atoms. The zero-order valence-corrected chi connectivity index (χ0v) is 18.6. The zero-order valence-electron chi connectivity index (χ0n) is 17.0. The lowest BCUT2D eigenvalue weighted by Gasteiger charge is -2.20. The summed E-state index contributed by atoms with van der Waals surface area (Å²) in [6.07, 6.45) is 4.29. The number of sulfone groups is 1. The molecule has 1 N–H and O–H groups in total. The fourth-order valence-corrected chi connectivity index (χ4v) is 5.62. The lowest BCUT2D eigenvalue weighted by molar-refractivity contribution is -0.113. The van der Waals surface area contributed by atoms with Crippen LogP contribution in [0.4, 0.5) is 5.69 Å². The van der Waals surface area contributed by atoms with E-state index >= 15 is 0 Å². The molecule has 10 heteroatoms. The van der Waals surface area contributed by atoms with Gasteiger partial charge in [0, 0.05) is 23.9 Å². The summed E-state index contributed by atoms with van der Waals surface area (Å²) in [6.45, 7) is 0. The summed E-state index contributed by atoms with van der Waals surface area (Å²) < 4.78 is 35.7. The van der Waals surface area contributed by atoms with Gasteiger partial charge in [0.15, 0.2) is 14.9 Å². The summed E-state index contributed by atoms with van der Waals surface area (Å²) in [4.78, 5) is 12.3. The average Bonchev–Trinajstić information content (AvgIpc) is 2.78. The Bertz CT molecular complexity index is 952. The minimum atomic E-state index is -3.45. The number of benzene rings is 1. The van der Waals surface area contributed by atoms with Crippen molar-refractivity contribution in [2.75, 3.05) is 25.3 Å². The van der Waals surface area contributed by atoms with Gasteiger partial charge in [0.05, 0.1) is 25.2 Å². The zero-order chi connectivity index (χ0) is 21.6. The number of amides is 1. The van der Waals surface area contributed by atoms with E-state index in [0.29, 0.717) is 35.1 Å². The molecule has 1 aliphatic carbocycles. The summed E-state index contributed by atoms with van der Waals surface area (Å²) in [7, 11) is -0.380. The van der Waals surface area contributed by atoms with Gasteiger partial charge in [0.1, 0.15) is 16.5 Å². The monoisotopic (exact) mass is 451 g/mol.